The van der Waals surface area contributed by atoms with Crippen molar-refractivity contribution in [1.82, 2.24) is 10.2 Å². The van der Waals surface area contributed by atoms with Crippen LogP contribution in [-0.4, -0.2) is 40.8 Å². The second-order valence-corrected chi connectivity index (χ2v) is 7.08. The standard InChI is InChI=1S/C18H30N2O3/c1-13(2)20(17(22)23-18(4,5)6)10-9-19-12-15-11-14(3)7-8-16(15)21/h7-8,11,13,19,21H,9-10,12H2,1-6H3. The monoisotopic (exact) mass is 322 g/mol. The van der Waals surface area contributed by atoms with E-state index in [1.165, 1.54) is 0 Å². The molecule has 5 nitrogen and oxygen atoms in total. The average Bonchev–Trinajstić information content (AvgIpc) is 2.39. The number of ether oxygens (including phenoxy) is 1. The number of hydrogen-bond acceptors (Lipinski definition) is 4. The lowest BCUT2D eigenvalue weighted by molar-refractivity contribution is 0.0193. The number of carbonyl (C=O) groups excluding carboxylic acids is 1. The Morgan fingerprint density at radius 1 is 1.35 bits per heavy atom. The molecule has 0 aromatic heterocycles. The van der Waals surface area contributed by atoms with Crippen molar-refractivity contribution in [3.63, 3.8) is 0 Å². The van der Waals surface area contributed by atoms with E-state index in [0.717, 1.165) is 11.1 Å². The highest BCUT2D eigenvalue weighted by Crippen LogP contribution is 2.17. The lowest BCUT2D eigenvalue weighted by Crippen LogP contribution is -2.44. The molecule has 1 rings (SSSR count). The number of benzene rings is 1. The van der Waals surface area contributed by atoms with E-state index in [-0.39, 0.29) is 17.9 Å². The van der Waals surface area contributed by atoms with E-state index in [0.29, 0.717) is 19.6 Å². The molecular weight excluding hydrogens is 292 g/mol. The van der Waals surface area contributed by atoms with Crippen molar-refractivity contribution < 1.29 is 14.6 Å². The number of aromatic hydroxyl groups is 1. The lowest BCUT2D eigenvalue weighted by Gasteiger charge is -2.30. The van der Waals surface area contributed by atoms with E-state index in [4.69, 9.17) is 4.74 Å². The molecule has 1 aromatic rings. The molecule has 0 saturated heterocycles. The fourth-order valence-corrected chi connectivity index (χ4v) is 2.16. The number of phenolic OH excluding ortho intramolecular Hbond substituents is 1. The van der Waals surface area contributed by atoms with E-state index >= 15 is 0 Å². The van der Waals surface area contributed by atoms with Gasteiger partial charge in [0.25, 0.3) is 0 Å². The van der Waals surface area contributed by atoms with Gasteiger partial charge in [0.1, 0.15) is 11.4 Å². The van der Waals surface area contributed by atoms with Crippen LogP contribution in [0, 0.1) is 6.92 Å². The highest BCUT2D eigenvalue weighted by Gasteiger charge is 2.23. The molecule has 0 saturated carbocycles. The van der Waals surface area contributed by atoms with Crippen LogP contribution in [0.1, 0.15) is 45.7 Å². The van der Waals surface area contributed by atoms with Gasteiger partial charge in [-0.05, 0) is 47.6 Å². The number of amides is 1. The maximum absolute atomic E-state index is 12.2. The molecule has 1 aromatic carbocycles. The van der Waals surface area contributed by atoms with E-state index in [1.54, 1.807) is 11.0 Å². The zero-order valence-corrected chi connectivity index (χ0v) is 15.1. The van der Waals surface area contributed by atoms with Crippen LogP contribution in [0.3, 0.4) is 0 Å². The van der Waals surface area contributed by atoms with Gasteiger partial charge in [0.15, 0.2) is 0 Å². The first kappa shape index (κ1) is 19.3. The first-order valence-corrected chi connectivity index (χ1v) is 8.09. The maximum Gasteiger partial charge on any atom is 0.410 e. The van der Waals surface area contributed by atoms with Gasteiger partial charge in [-0.3, -0.25) is 0 Å². The van der Waals surface area contributed by atoms with E-state index < -0.39 is 5.60 Å². The van der Waals surface area contributed by atoms with Crippen LogP contribution in [0.25, 0.3) is 0 Å². The first-order chi connectivity index (χ1) is 10.6. The summed E-state index contributed by atoms with van der Waals surface area (Å²) in [5.41, 5.74) is 1.47. The summed E-state index contributed by atoms with van der Waals surface area (Å²) in [5.74, 6) is 0.288. The molecule has 0 aliphatic carbocycles. The van der Waals surface area contributed by atoms with Crippen LogP contribution in [0.15, 0.2) is 18.2 Å². The van der Waals surface area contributed by atoms with Crippen molar-refractivity contribution in [3.05, 3.63) is 29.3 Å². The van der Waals surface area contributed by atoms with Crippen molar-refractivity contribution in [1.29, 1.82) is 0 Å². The minimum absolute atomic E-state index is 0.0685. The molecule has 0 radical (unpaired) electrons. The Labute approximate surface area is 139 Å². The molecule has 0 spiro atoms. The number of aryl methyl sites for hydroxylation is 1. The molecular formula is C18H30N2O3. The Kier molecular flexibility index (Phi) is 6.88. The first-order valence-electron chi connectivity index (χ1n) is 8.09. The van der Waals surface area contributed by atoms with Gasteiger partial charge in [0.05, 0.1) is 0 Å². The predicted molar refractivity (Wildman–Crippen MR) is 92.6 cm³/mol. The number of phenols is 1. The minimum Gasteiger partial charge on any atom is -0.508 e. The Bertz CT molecular complexity index is 521. The summed E-state index contributed by atoms with van der Waals surface area (Å²) in [4.78, 5) is 13.9. The van der Waals surface area contributed by atoms with E-state index in [1.807, 2.05) is 53.7 Å². The average molecular weight is 322 g/mol. The van der Waals surface area contributed by atoms with Crippen LogP contribution in [0.4, 0.5) is 4.79 Å². The topological polar surface area (TPSA) is 61.8 Å². The van der Waals surface area contributed by atoms with E-state index in [2.05, 4.69) is 5.32 Å². The van der Waals surface area contributed by atoms with Crippen LogP contribution >= 0.6 is 0 Å². The smallest absolute Gasteiger partial charge is 0.410 e. The van der Waals surface area contributed by atoms with Gasteiger partial charge in [-0.15, -0.1) is 0 Å². The summed E-state index contributed by atoms with van der Waals surface area (Å²) in [5, 5.41) is 13.1. The Hall–Kier alpha value is -1.75. The van der Waals surface area contributed by atoms with Crippen molar-refractivity contribution in [3.8, 4) is 5.75 Å². The van der Waals surface area contributed by atoms with Gasteiger partial charge in [-0.1, -0.05) is 17.7 Å². The molecule has 0 aliphatic heterocycles. The van der Waals surface area contributed by atoms with Gasteiger partial charge in [-0.25, -0.2) is 4.79 Å². The normalized spacial score (nSPS) is 11.6. The van der Waals surface area contributed by atoms with Crippen LogP contribution < -0.4 is 5.32 Å². The zero-order chi connectivity index (χ0) is 17.6. The summed E-state index contributed by atoms with van der Waals surface area (Å²) in [6.45, 7) is 13.3. The van der Waals surface area contributed by atoms with Crippen LogP contribution in [-0.2, 0) is 11.3 Å². The highest BCUT2D eigenvalue weighted by atomic mass is 16.6. The predicted octanol–water partition coefficient (Wildman–Crippen LogP) is 3.44. The molecule has 0 fully saturated rings. The maximum atomic E-state index is 12.2. The number of nitrogens with zero attached hydrogens (tertiary/aromatic N) is 1. The summed E-state index contributed by atoms with van der Waals surface area (Å²) >= 11 is 0. The zero-order valence-electron chi connectivity index (χ0n) is 15.1. The fourth-order valence-electron chi connectivity index (χ4n) is 2.16. The van der Waals surface area contributed by atoms with Crippen molar-refractivity contribution in [2.45, 2.75) is 59.7 Å². The van der Waals surface area contributed by atoms with Crippen molar-refractivity contribution >= 4 is 6.09 Å². The van der Waals surface area contributed by atoms with Crippen LogP contribution in [0.5, 0.6) is 5.75 Å². The summed E-state index contributed by atoms with van der Waals surface area (Å²) in [7, 11) is 0. The molecule has 0 heterocycles. The molecule has 0 unspecified atom stereocenters. The molecule has 0 aliphatic rings. The van der Waals surface area contributed by atoms with Gasteiger partial charge < -0.3 is 20.1 Å². The number of hydrogen-bond donors (Lipinski definition) is 2. The molecule has 23 heavy (non-hydrogen) atoms. The number of nitrogens with one attached hydrogen (secondary N) is 1. The quantitative estimate of drug-likeness (QED) is 0.788. The molecule has 2 N–H and O–H groups in total. The Morgan fingerprint density at radius 3 is 2.57 bits per heavy atom. The summed E-state index contributed by atoms with van der Waals surface area (Å²) in [6, 6.07) is 5.60. The molecule has 130 valence electrons. The molecule has 1 amide bonds. The third-order valence-electron chi connectivity index (χ3n) is 3.33. The third-order valence-corrected chi connectivity index (χ3v) is 3.33. The Balaban J connectivity index is 2.50. The molecule has 0 bridgehead atoms. The number of carbonyl (C=O) groups is 1. The Morgan fingerprint density at radius 2 is 2.00 bits per heavy atom. The second kappa shape index (κ2) is 8.20. The molecule has 0 atom stereocenters. The second-order valence-electron chi connectivity index (χ2n) is 7.08. The van der Waals surface area contributed by atoms with Gasteiger partial charge >= 0.3 is 6.09 Å². The fraction of sp³-hybridized carbons (Fsp3) is 0.611. The number of rotatable bonds is 6. The van der Waals surface area contributed by atoms with Crippen LogP contribution in [0.2, 0.25) is 0 Å². The van der Waals surface area contributed by atoms with Gasteiger partial charge in [0, 0.05) is 31.2 Å². The minimum atomic E-state index is -0.495. The lowest BCUT2D eigenvalue weighted by atomic mass is 10.1. The van der Waals surface area contributed by atoms with Crippen molar-refractivity contribution in [2.75, 3.05) is 13.1 Å². The highest BCUT2D eigenvalue weighted by molar-refractivity contribution is 5.68. The largest absolute Gasteiger partial charge is 0.508 e. The molecule has 5 heteroatoms. The summed E-state index contributed by atoms with van der Waals surface area (Å²) in [6.07, 6.45) is -0.298. The SMILES string of the molecule is Cc1ccc(O)c(CNCCN(C(=O)OC(C)(C)C)C(C)C)c1. The van der Waals surface area contributed by atoms with Crippen molar-refractivity contribution in [2.24, 2.45) is 0 Å². The van der Waals surface area contributed by atoms with E-state index in [9.17, 15) is 9.90 Å². The van der Waals surface area contributed by atoms with Gasteiger partial charge in [-0.2, -0.15) is 0 Å². The summed E-state index contributed by atoms with van der Waals surface area (Å²) < 4.78 is 5.43. The van der Waals surface area contributed by atoms with Gasteiger partial charge in [0.2, 0.25) is 0 Å². The third kappa shape index (κ3) is 6.91.